The quantitative estimate of drug-likeness (QED) is 0.546. The molecule has 0 heterocycles. The molecule has 0 fully saturated rings. The molecule has 0 saturated heterocycles. The molecular weight excluding hydrogens is 300 g/mol. The van der Waals surface area contributed by atoms with Gasteiger partial charge >= 0.3 is 0 Å². The van der Waals surface area contributed by atoms with Gasteiger partial charge in [0, 0.05) is 23.2 Å². The van der Waals surface area contributed by atoms with Crippen molar-refractivity contribution in [1.29, 1.82) is 0 Å². The molecule has 0 unspecified atom stereocenters. The van der Waals surface area contributed by atoms with Crippen LogP contribution in [0.3, 0.4) is 0 Å². The van der Waals surface area contributed by atoms with Gasteiger partial charge in [-0.15, -0.1) is 0 Å². The molecule has 18 heavy (non-hydrogen) atoms. The maximum absolute atomic E-state index is 10.8. The first-order chi connectivity index (χ1) is 8.71. The molecule has 0 aliphatic heterocycles. The minimum absolute atomic E-state index is 0.293. The molecule has 100 valence electrons. The highest BCUT2D eigenvalue weighted by Gasteiger charge is 2.09. The number of carbonyl (C=O) groups excluding carboxylic acids is 1. The molecule has 0 aliphatic rings. The summed E-state index contributed by atoms with van der Waals surface area (Å²) < 4.78 is 17.0. The van der Waals surface area contributed by atoms with Crippen molar-refractivity contribution < 1.29 is 19.0 Å². The van der Waals surface area contributed by atoms with Crippen molar-refractivity contribution in [1.82, 2.24) is 0 Å². The highest BCUT2D eigenvalue weighted by atomic mass is 79.9. The van der Waals surface area contributed by atoms with E-state index in [1.807, 2.05) is 13.8 Å². The Morgan fingerprint density at radius 1 is 1.28 bits per heavy atom. The van der Waals surface area contributed by atoms with Crippen molar-refractivity contribution in [3.63, 3.8) is 0 Å². The van der Waals surface area contributed by atoms with Crippen molar-refractivity contribution in [3.05, 3.63) is 28.2 Å². The maximum Gasteiger partial charge on any atom is 0.191 e. The molecule has 0 amide bonds. The number of ether oxygens (including phenoxy) is 3. The number of benzene rings is 1. The lowest BCUT2D eigenvalue weighted by atomic mass is 10.2. The van der Waals surface area contributed by atoms with E-state index < -0.39 is 0 Å². The third kappa shape index (κ3) is 4.76. The van der Waals surface area contributed by atoms with Gasteiger partial charge in [0.1, 0.15) is 12.4 Å². The summed E-state index contributed by atoms with van der Waals surface area (Å²) in [6, 6.07) is 5.23. The second kappa shape index (κ2) is 8.24. The predicted molar refractivity (Wildman–Crippen MR) is 72.1 cm³/mol. The Bertz CT molecular complexity index is 375. The molecule has 0 saturated carbocycles. The molecule has 0 spiro atoms. The van der Waals surface area contributed by atoms with Gasteiger partial charge in [-0.3, -0.25) is 4.79 Å². The summed E-state index contributed by atoms with van der Waals surface area (Å²) in [5.74, 6) is 0.615. The van der Waals surface area contributed by atoms with E-state index in [1.54, 1.807) is 18.2 Å². The van der Waals surface area contributed by atoms with Crippen LogP contribution in [0.1, 0.15) is 24.2 Å². The Morgan fingerprint density at radius 3 is 2.50 bits per heavy atom. The molecule has 1 aromatic carbocycles. The lowest BCUT2D eigenvalue weighted by molar-refractivity contribution is -0.152. The number of halogens is 1. The first-order valence-corrected chi connectivity index (χ1v) is 6.61. The van der Waals surface area contributed by atoms with E-state index in [0.717, 1.165) is 10.8 Å². The van der Waals surface area contributed by atoms with E-state index >= 15 is 0 Å². The summed E-state index contributed by atoms with van der Waals surface area (Å²) in [7, 11) is 0. The molecule has 0 radical (unpaired) electrons. The van der Waals surface area contributed by atoms with E-state index in [4.69, 9.17) is 14.2 Å². The maximum atomic E-state index is 10.8. The van der Waals surface area contributed by atoms with Gasteiger partial charge in [0.15, 0.2) is 12.6 Å². The van der Waals surface area contributed by atoms with Crippen molar-refractivity contribution in [2.75, 3.05) is 19.8 Å². The van der Waals surface area contributed by atoms with Crippen LogP contribution in [-0.2, 0) is 9.47 Å². The third-order valence-electron chi connectivity index (χ3n) is 2.19. The Kier molecular flexibility index (Phi) is 6.93. The van der Waals surface area contributed by atoms with Crippen LogP contribution in [0.5, 0.6) is 5.75 Å². The Hall–Kier alpha value is -0.910. The van der Waals surface area contributed by atoms with Gasteiger partial charge < -0.3 is 14.2 Å². The van der Waals surface area contributed by atoms with Gasteiger partial charge in [-0.2, -0.15) is 0 Å². The van der Waals surface area contributed by atoms with Crippen LogP contribution < -0.4 is 4.74 Å². The second-order valence-electron chi connectivity index (χ2n) is 3.45. The van der Waals surface area contributed by atoms with E-state index in [9.17, 15) is 4.79 Å². The zero-order valence-electron chi connectivity index (χ0n) is 10.5. The van der Waals surface area contributed by atoms with Gasteiger partial charge in [-0.1, -0.05) is 15.9 Å². The van der Waals surface area contributed by atoms with Crippen molar-refractivity contribution in [3.8, 4) is 5.75 Å². The molecule has 0 atom stereocenters. The molecule has 4 nitrogen and oxygen atoms in total. The van der Waals surface area contributed by atoms with Crippen LogP contribution in [0.4, 0.5) is 0 Å². The normalized spacial score (nSPS) is 10.7. The minimum atomic E-state index is -0.386. The zero-order valence-corrected chi connectivity index (χ0v) is 12.1. The van der Waals surface area contributed by atoms with Crippen LogP contribution in [-0.4, -0.2) is 32.4 Å². The summed E-state index contributed by atoms with van der Waals surface area (Å²) in [6.07, 6.45) is 0.391. The van der Waals surface area contributed by atoms with Gasteiger partial charge in [-0.05, 0) is 32.0 Å². The number of rotatable bonds is 8. The number of hydrogen-bond acceptors (Lipinski definition) is 4. The lowest BCUT2D eigenvalue weighted by Crippen LogP contribution is -2.25. The van der Waals surface area contributed by atoms with Gasteiger partial charge in [0.05, 0.1) is 0 Å². The largest absolute Gasteiger partial charge is 0.488 e. The molecule has 0 N–H and O–H groups in total. The molecule has 1 aromatic rings. The number of hydrogen-bond donors (Lipinski definition) is 0. The average Bonchev–Trinajstić information content (AvgIpc) is 2.38. The van der Waals surface area contributed by atoms with Gasteiger partial charge in [0.25, 0.3) is 0 Å². The molecule has 5 heteroatoms. The summed E-state index contributed by atoms with van der Waals surface area (Å²) >= 11 is 3.28. The fraction of sp³-hybridized carbons (Fsp3) is 0.462. The van der Waals surface area contributed by atoms with E-state index in [2.05, 4.69) is 15.9 Å². The first-order valence-electron chi connectivity index (χ1n) is 5.82. The standard InChI is InChI=1S/C13H17BrO4/c1-3-16-13(17-4-2)9-18-11-5-6-12(14)10(7-11)8-15/h5-8,13H,3-4,9H2,1-2H3. The number of aldehydes is 1. The Morgan fingerprint density at radius 2 is 1.94 bits per heavy atom. The average molecular weight is 317 g/mol. The number of carbonyl (C=O) groups is 1. The highest BCUT2D eigenvalue weighted by Crippen LogP contribution is 2.21. The summed E-state index contributed by atoms with van der Waals surface area (Å²) in [4.78, 5) is 10.8. The van der Waals surface area contributed by atoms with Crippen molar-refractivity contribution in [2.45, 2.75) is 20.1 Å². The van der Waals surface area contributed by atoms with Crippen molar-refractivity contribution >= 4 is 22.2 Å². The molecule has 0 bridgehead atoms. The Balaban J connectivity index is 2.58. The van der Waals surface area contributed by atoms with Crippen LogP contribution in [0, 0.1) is 0 Å². The second-order valence-corrected chi connectivity index (χ2v) is 4.31. The monoisotopic (exact) mass is 316 g/mol. The summed E-state index contributed by atoms with van der Waals surface area (Å²) in [5, 5.41) is 0. The minimum Gasteiger partial charge on any atom is -0.488 e. The lowest BCUT2D eigenvalue weighted by Gasteiger charge is -2.17. The van der Waals surface area contributed by atoms with E-state index in [-0.39, 0.29) is 6.29 Å². The summed E-state index contributed by atoms with van der Waals surface area (Å²) in [6.45, 7) is 5.22. The molecule has 0 aromatic heterocycles. The van der Waals surface area contributed by atoms with Crippen LogP contribution in [0.15, 0.2) is 22.7 Å². The fourth-order valence-electron chi connectivity index (χ4n) is 1.38. The van der Waals surface area contributed by atoms with E-state index in [0.29, 0.717) is 31.1 Å². The van der Waals surface area contributed by atoms with Crippen molar-refractivity contribution in [2.24, 2.45) is 0 Å². The first kappa shape index (κ1) is 15.1. The fourth-order valence-corrected chi connectivity index (χ4v) is 1.72. The topological polar surface area (TPSA) is 44.8 Å². The molecule has 1 rings (SSSR count). The molecule has 0 aliphatic carbocycles. The third-order valence-corrected chi connectivity index (χ3v) is 2.91. The van der Waals surface area contributed by atoms with Crippen LogP contribution >= 0.6 is 15.9 Å². The van der Waals surface area contributed by atoms with Crippen LogP contribution in [0.25, 0.3) is 0 Å². The summed E-state index contributed by atoms with van der Waals surface area (Å²) in [5.41, 5.74) is 0.553. The van der Waals surface area contributed by atoms with Gasteiger partial charge in [-0.25, -0.2) is 0 Å². The Labute approximate surface area is 115 Å². The zero-order chi connectivity index (χ0) is 13.4. The van der Waals surface area contributed by atoms with E-state index in [1.165, 1.54) is 0 Å². The smallest absolute Gasteiger partial charge is 0.191 e. The van der Waals surface area contributed by atoms with Crippen LogP contribution in [0.2, 0.25) is 0 Å². The highest BCUT2D eigenvalue weighted by molar-refractivity contribution is 9.10. The molecular formula is C13H17BrO4. The predicted octanol–water partition coefficient (Wildman–Crippen LogP) is 3.04. The SMILES string of the molecule is CCOC(COc1ccc(Br)c(C=O)c1)OCC. The van der Waals surface area contributed by atoms with Gasteiger partial charge in [0.2, 0.25) is 0 Å².